The fourth-order valence-corrected chi connectivity index (χ4v) is 3.79. The highest BCUT2D eigenvalue weighted by Gasteiger charge is 2.29. The molecule has 2 heterocycles. The zero-order chi connectivity index (χ0) is 23.9. The number of aliphatic hydroxyl groups is 1. The van der Waals surface area contributed by atoms with E-state index in [1.807, 2.05) is 11.0 Å². The predicted octanol–water partition coefficient (Wildman–Crippen LogP) is 1.15. The number of anilines is 1. The van der Waals surface area contributed by atoms with E-state index in [9.17, 15) is 19.5 Å². The van der Waals surface area contributed by atoms with Crippen LogP contribution < -0.4 is 10.2 Å². The first-order valence-corrected chi connectivity index (χ1v) is 11.0. The van der Waals surface area contributed by atoms with Gasteiger partial charge >= 0.3 is 0 Å². The number of hydrogen-bond acceptors (Lipinski definition) is 7. The Bertz CT molecular complexity index is 1150. The van der Waals surface area contributed by atoms with Crippen LogP contribution in [-0.2, 0) is 4.79 Å². The van der Waals surface area contributed by atoms with Crippen molar-refractivity contribution in [2.75, 3.05) is 37.7 Å². The molecule has 0 bridgehead atoms. The molecule has 0 radical (unpaired) electrons. The summed E-state index contributed by atoms with van der Waals surface area (Å²) in [5.74, 6) is -0.496. The number of piperazine rings is 1. The largest absolute Gasteiger partial charge is 0.394 e. The minimum Gasteiger partial charge on any atom is -0.394 e. The average molecular weight is 460 g/mol. The van der Waals surface area contributed by atoms with Crippen molar-refractivity contribution in [2.45, 2.75) is 6.04 Å². The fraction of sp³-hybridized carbons (Fsp3) is 0.240. The Morgan fingerprint density at radius 3 is 2.18 bits per heavy atom. The van der Waals surface area contributed by atoms with Crippen LogP contribution in [0.5, 0.6) is 0 Å². The summed E-state index contributed by atoms with van der Waals surface area (Å²) in [6.07, 6.45) is 3.33. The van der Waals surface area contributed by atoms with Crippen LogP contribution >= 0.6 is 0 Å². The van der Waals surface area contributed by atoms with Gasteiger partial charge < -0.3 is 20.2 Å². The molecule has 9 heteroatoms. The van der Waals surface area contributed by atoms with E-state index in [1.54, 1.807) is 65.8 Å². The van der Waals surface area contributed by atoms with E-state index in [0.29, 0.717) is 43.3 Å². The smallest absolute Gasteiger partial charge is 0.252 e. The van der Waals surface area contributed by atoms with Gasteiger partial charge in [0.25, 0.3) is 5.91 Å². The molecule has 0 spiro atoms. The summed E-state index contributed by atoms with van der Waals surface area (Å²) >= 11 is 0. The molecule has 0 aliphatic carbocycles. The van der Waals surface area contributed by atoms with Crippen molar-refractivity contribution in [1.29, 1.82) is 0 Å². The quantitative estimate of drug-likeness (QED) is 0.509. The number of amides is 2. The Balaban J connectivity index is 1.38. The number of nitrogens with one attached hydrogen (secondary N) is 1. The summed E-state index contributed by atoms with van der Waals surface area (Å²) < 4.78 is 0. The standard InChI is InChI=1S/C25H25N5O4/c31-17-21(24(34)29-12-14-30(15-13-29)25-26-10-5-11-27-25)28-23(33)20-9-4-8-19(16-20)22(32)18-6-2-1-3-7-18/h1-11,16,21,31H,12-15,17H2,(H,28,33)/t21-/m0/s1. The van der Waals surface area contributed by atoms with E-state index >= 15 is 0 Å². The topological polar surface area (TPSA) is 116 Å². The van der Waals surface area contributed by atoms with Gasteiger partial charge in [-0.3, -0.25) is 14.4 Å². The third kappa shape index (κ3) is 5.26. The molecule has 1 atom stereocenters. The average Bonchev–Trinajstić information content (AvgIpc) is 2.92. The normalized spacial score (nSPS) is 14.4. The number of carbonyl (C=O) groups excluding carboxylic acids is 3. The molecule has 0 unspecified atom stereocenters. The van der Waals surface area contributed by atoms with E-state index in [0.717, 1.165) is 0 Å². The maximum absolute atomic E-state index is 12.9. The van der Waals surface area contributed by atoms with Crippen LogP contribution in [0.1, 0.15) is 26.3 Å². The summed E-state index contributed by atoms with van der Waals surface area (Å²) in [7, 11) is 0. The molecule has 2 N–H and O–H groups in total. The second kappa shape index (κ2) is 10.7. The molecule has 1 fully saturated rings. The lowest BCUT2D eigenvalue weighted by Crippen LogP contribution is -2.56. The molecule has 1 aliphatic rings. The van der Waals surface area contributed by atoms with Crippen molar-refractivity contribution in [1.82, 2.24) is 20.2 Å². The molecule has 34 heavy (non-hydrogen) atoms. The summed E-state index contributed by atoms with van der Waals surface area (Å²) in [6.45, 7) is 1.40. The number of carbonyl (C=O) groups is 3. The zero-order valence-corrected chi connectivity index (χ0v) is 18.5. The molecule has 4 rings (SSSR count). The van der Waals surface area contributed by atoms with Crippen molar-refractivity contribution in [3.63, 3.8) is 0 Å². The number of nitrogens with zero attached hydrogens (tertiary/aromatic N) is 4. The Kier molecular flexibility index (Phi) is 7.24. The lowest BCUT2D eigenvalue weighted by molar-refractivity contribution is -0.134. The van der Waals surface area contributed by atoms with Gasteiger partial charge in [0.05, 0.1) is 6.61 Å². The Labute approximate surface area is 197 Å². The molecule has 0 saturated carbocycles. The maximum atomic E-state index is 12.9. The van der Waals surface area contributed by atoms with Crippen molar-refractivity contribution < 1.29 is 19.5 Å². The van der Waals surface area contributed by atoms with Gasteiger partial charge in [0, 0.05) is 55.3 Å². The van der Waals surface area contributed by atoms with Crippen LogP contribution in [0.25, 0.3) is 0 Å². The first kappa shape index (κ1) is 23.1. The highest BCUT2D eigenvalue weighted by atomic mass is 16.3. The van der Waals surface area contributed by atoms with Crippen molar-refractivity contribution in [3.05, 3.63) is 89.7 Å². The molecule has 2 amide bonds. The Morgan fingerprint density at radius 1 is 0.853 bits per heavy atom. The summed E-state index contributed by atoms with van der Waals surface area (Å²) in [6, 6.07) is 15.7. The second-order valence-corrected chi connectivity index (χ2v) is 7.85. The van der Waals surface area contributed by atoms with Gasteiger partial charge in [0.15, 0.2) is 5.78 Å². The highest BCUT2D eigenvalue weighted by molar-refractivity contribution is 6.10. The van der Waals surface area contributed by atoms with E-state index in [4.69, 9.17) is 0 Å². The van der Waals surface area contributed by atoms with Gasteiger partial charge in [0.1, 0.15) is 6.04 Å². The van der Waals surface area contributed by atoms with Crippen LogP contribution in [0.15, 0.2) is 73.1 Å². The SMILES string of the molecule is O=C(N[C@@H](CO)C(=O)N1CCN(c2ncccn2)CC1)c1cccc(C(=O)c2ccccc2)c1. The molecular formula is C25H25N5O4. The van der Waals surface area contributed by atoms with Gasteiger partial charge in [-0.25, -0.2) is 9.97 Å². The van der Waals surface area contributed by atoms with Crippen LogP contribution in [-0.4, -0.2) is 76.4 Å². The summed E-state index contributed by atoms with van der Waals surface area (Å²) in [5, 5.41) is 12.4. The zero-order valence-electron chi connectivity index (χ0n) is 18.5. The van der Waals surface area contributed by atoms with Crippen LogP contribution in [0, 0.1) is 0 Å². The van der Waals surface area contributed by atoms with Crippen LogP contribution in [0.4, 0.5) is 5.95 Å². The monoisotopic (exact) mass is 459 g/mol. The first-order chi connectivity index (χ1) is 16.6. The minimum atomic E-state index is -1.08. The molecular weight excluding hydrogens is 434 g/mol. The van der Waals surface area contributed by atoms with E-state index in [-0.39, 0.29) is 17.3 Å². The number of rotatable bonds is 7. The Hall–Kier alpha value is -4.11. The van der Waals surface area contributed by atoms with Gasteiger partial charge in [-0.1, -0.05) is 42.5 Å². The van der Waals surface area contributed by atoms with E-state index < -0.39 is 18.6 Å². The molecule has 2 aromatic carbocycles. The molecule has 9 nitrogen and oxygen atoms in total. The van der Waals surface area contributed by atoms with Crippen molar-refractivity contribution in [2.24, 2.45) is 0 Å². The Morgan fingerprint density at radius 2 is 1.50 bits per heavy atom. The third-order valence-corrected chi connectivity index (χ3v) is 5.64. The fourth-order valence-electron chi connectivity index (χ4n) is 3.79. The molecule has 3 aromatic rings. The van der Waals surface area contributed by atoms with Gasteiger partial charge in [-0.15, -0.1) is 0 Å². The number of ketones is 1. The van der Waals surface area contributed by atoms with Crippen LogP contribution in [0.2, 0.25) is 0 Å². The second-order valence-electron chi connectivity index (χ2n) is 7.85. The summed E-state index contributed by atoms with van der Waals surface area (Å²) in [5.41, 5.74) is 1.12. The van der Waals surface area contributed by atoms with Crippen molar-refractivity contribution >= 4 is 23.5 Å². The van der Waals surface area contributed by atoms with Gasteiger partial charge in [-0.05, 0) is 18.2 Å². The number of aromatic nitrogens is 2. The molecule has 174 valence electrons. The van der Waals surface area contributed by atoms with Crippen molar-refractivity contribution in [3.8, 4) is 0 Å². The van der Waals surface area contributed by atoms with E-state index in [2.05, 4.69) is 15.3 Å². The summed E-state index contributed by atoms with van der Waals surface area (Å²) in [4.78, 5) is 50.5. The minimum absolute atomic E-state index is 0.203. The van der Waals surface area contributed by atoms with Gasteiger partial charge in [-0.2, -0.15) is 0 Å². The third-order valence-electron chi connectivity index (χ3n) is 5.64. The van der Waals surface area contributed by atoms with Crippen LogP contribution in [0.3, 0.4) is 0 Å². The molecule has 1 aromatic heterocycles. The highest BCUT2D eigenvalue weighted by Crippen LogP contribution is 2.13. The molecule has 1 aliphatic heterocycles. The van der Waals surface area contributed by atoms with E-state index in [1.165, 1.54) is 6.07 Å². The number of aliphatic hydroxyl groups excluding tert-OH is 1. The first-order valence-electron chi connectivity index (χ1n) is 11.0. The molecule has 1 saturated heterocycles. The maximum Gasteiger partial charge on any atom is 0.252 e. The lowest BCUT2D eigenvalue weighted by Gasteiger charge is -2.36. The van der Waals surface area contributed by atoms with Gasteiger partial charge in [0.2, 0.25) is 11.9 Å². The lowest BCUT2D eigenvalue weighted by atomic mass is 10.0. The number of benzene rings is 2. The number of hydrogen-bond donors (Lipinski definition) is 2. The predicted molar refractivity (Wildman–Crippen MR) is 125 cm³/mol.